The molecule has 0 amide bonds. The Balaban J connectivity index is 2.96. The number of halogens is 1. The van der Waals surface area contributed by atoms with Gasteiger partial charge in [0.1, 0.15) is 10.0 Å². The zero-order chi connectivity index (χ0) is 9.14. The van der Waals surface area contributed by atoms with Crippen LogP contribution in [0.25, 0.3) is 0 Å². The minimum Gasteiger partial charge on any atom is -0.330 e. The second-order valence-electron chi connectivity index (χ2n) is 2.41. The fraction of sp³-hybridized carbons (Fsp3) is 0.429. The summed E-state index contributed by atoms with van der Waals surface area (Å²) in [6.45, 7) is 2.07. The molecule has 0 fully saturated rings. The monoisotopic (exact) mass is 279 g/mol. The number of aromatic nitrogens is 2. The van der Waals surface area contributed by atoms with Crippen molar-refractivity contribution in [3.05, 3.63) is 15.7 Å². The molecule has 1 heterocycles. The summed E-state index contributed by atoms with van der Waals surface area (Å²) in [6.07, 6.45) is 2.26. The summed E-state index contributed by atoms with van der Waals surface area (Å²) in [5.41, 5.74) is 6.27. The predicted molar refractivity (Wildman–Crippen MR) is 54.0 cm³/mol. The summed E-state index contributed by atoms with van der Waals surface area (Å²) in [7, 11) is 0. The maximum atomic E-state index is 11.0. The molecule has 0 aliphatic rings. The largest absolute Gasteiger partial charge is 0.330 e. The topological polar surface area (TPSA) is 60.9 Å². The van der Waals surface area contributed by atoms with Crippen LogP contribution in [0.3, 0.4) is 0 Å². The highest BCUT2D eigenvalue weighted by Gasteiger charge is 2.09. The fourth-order valence-electron chi connectivity index (χ4n) is 0.894. The van der Waals surface area contributed by atoms with Crippen LogP contribution in [-0.4, -0.2) is 22.0 Å². The molecule has 5 heteroatoms. The van der Waals surface area contributed by atoms with Crippen LogP contribution in [0.5, 0.6) is 0 Å². The normalized spacial score (nSPS) is 10.2. The highest BCUT2D eigenvalue weighted by molar-refractivity contribution is 14.1. The minimum atomic E-state index is -0.0184. The second kappa shape index (κ2) is 3.99. The molecule has 1 rings (SSSR count). The van der Waals surface area contributed by atoms with Crippen molar-refractivity contribution in [2.24, 2.45) is 5.73 Å². The average molecular weight is 279 g/mol. The van der Waals surface area contributed by atoms with Gasteiger partial charge in [0.15, 0.2) is 0 Å². The van der Waals surface area contributed by atoms with Crippen molar-refractivity contribution >= 4 is 28.5 Å². The Labute approximate surface area is 84.3 Å². The van der Waals surface area contributed by atoms with Gasteiger partial charge in [-0.25, -0.2) is 4.98 Å². The molecule has 0 atom stereocenters. The van der Waals surface area contributed by atoms with Crippen LogP contribution in [0.15, 0.2) is 6.33 Å². The lowest BCUT2D eigenvalue weighted by Gasteiger charge is -1.97. The highest BCUT2D eigenvalue weighted by Crippen LogP contribution is 2.10. The van der Waals surface area contributed by atoms with E-state index >= 15 is 0 Å². The summed E-state index contributed by atoms with van der Waals surface area (Å²) in [5, 5.41) is 0. The second-order valence-corrected chi connectivity index (χ2v) is 3.43. The summed E-state index contributed by atoms with van der Waals surface area (Å²) in [4.78, 5) is 15.1. The van der Waals surface area contributed by atoms with Crippen molar-refractivity contribution in [1.29, 1.82) is 0 Å². The molecular formula is C7H10IN3O. The molecule has 0 aromatic carbocycles. The maximum Gasteiger partial charge on any atom is 0.229 e. The molecule has 0 spiro atoms. The van der Waals surface area contributed by atoms with E-state index in [1.165, 1.54) is 17.8 Å². The van der Waals surface area contributed by atoms with E-state index in [1.807, 2.05) is 0 Å². The van der Waals surface area contributed by atoms with Crippen molar-refractivity contribution < 1.29 is 4.79 Å². The van der Waals surface area contributed by atoms with Crippen LogP contribution < -0.4 is 5.73 Å². The molecule has 0 aliphatic heterocycles. The molecule has 1 aromatic rings. The Morgan fingerprint density at radius 1 is 1.83 bits per heavy atom. The molecule has 2 N–H and O–H groups in total. The molecule has 0 bridgehead atoms. The number of imidazole rings is 1. The van der Waals surface area contributed by atoms with Gasteiger partial charge in [-0.3, -0.25) is 9.36 Å². The van der Waals surface area contributed by atoms with Crippen molar-refractivity contribution in [1.82, 2.24) is 9.55 Å². The van der Waals surface area contributed by atoms with Gasteiger partial charge in [0, 0.05) is 13.3 Å². The number of hydrogen-bond donors (Lipinski definition) is 1. The van der Waals surface area contributed by atoms with E-state index in [9.17, 15) is 4.79 Å². The van der Waals surface area contributed by atoms with Crippen molar-refractivity contribution in [2.45, 2.75) is 13.3 Å². The maximum absolute atomic E-state index is 11.0. The lowest BCUT2D eigenvalue weighted by Crippen LogP contribution is -2.08. The van der Waals surface area contributed by atoms with Gasteiger partial charge in [0.25, 0.3) is 0 Å². The van der Waals surface area contributed by atoms with Gasteiger partial charge in [0.2, 0.25) is 5.91 Å². The molecule has 0 aliphatic carbocycles. The zero-order valence-electron chi connectivity index (χ0n) is 6.75. The van der Waals surface area contributed by atoms with E-state index in [0.29, 0.717) is 6.54 Å². The van der Waals surface area contributed by atoms with Crippen molar-refractivity contribution in [3.8, 4) is 0 Å². The smallest absolute Gasteiger partial charge is 0.229 e. The lowest BCUT2D eigenvalue weighted by atomic mass is 10.3. The average Bonchev–Trinajstić information content (AvgIpc) is 2.34. The van der Waals surface area contributed by atoms with E-state index in [-0.39, 0.29) is 5.91 Å². The first-order valence-corrected chi connectivity index (χ1v) is 4.67. The van der Waals surface area contributed by atoms with Gasteiger partial charge in [-0.1, -0.05) is 0 Å². The quantitative estimate of drug-likeness (QED) is 0.808. The fourth-order valence-corrected chi connectivity index (χ4v) is 1.77. The molecule has 0 unspecified atom stereocenters. The third-order valence-corrected chi connectivity index (χ3v) is 2.64. The number of hydrogen-bond acceptors (Lipinski definition) is 3. The number of carbonyl (C=O) groups is 1. The SMILES string of the molecule is CC(=O)n1cnc(CCN)c1I. The van der Waals surface area contributed by atoms with Crippen LogP contribution in [0, 0.1) is 3.70 Å². The zero-order valence-corrected chi connectivity index (χ0v) is 8.91. The first-order valence-electron chi connectivity index (χ1n) is 3.59. The molecule has 12 heavy (non-hydrogen) atoms. The number of nitrogens with zero attached hydrogens (tertiary/aromatic N) is 2. The Morgan fingerprint density at radius 2 is 2.50 bits per heavy atom. The number of carbonyl (C=O) groups excluding carboxylic acids is 1. The third kappa shape index (κ3) is 1.84. The van der Waals surface area contributed by atoms with Gasteiger partial charge in [-0.2, -0.15) is 0 Å². The van der Waals surface area contributed by atoms with E-state index in [4.69, 9.17) is 5.73 Å². The van der Waals surface area contributed by atoms with Crippen molar-refractivity contribution in [2.75, 3.05) is 6.54 Å². The Morgan fingerprint density at radius 3 is 2.92 bits per heavy atom. The lowest BCUT2D eigenvalue weighted by molar-refractivity contribution is 0.0933. The molecule has 0 radical (unpaired) electrons. The summed E-state index contributed by atoms with van der Waals surface area (Å²) < 4.78 is 2.39. The summed E-state index contributed by atoms with van der Waals surface area (Å²) in [6, 6.07) is 0. The molecule has 4 nitrogen and oxygen atoms in total. The molecule has 1 aromatic heterocycles. The molecule has 0 saturated carbocycles. The van der Waals surface area contributed by atoms with Gasteiger partial charge in [-0.15, -0.1) is 0 Å². The Hall–Kier alpha value is -0.430. The summed E-state index contributed by atoms with van der Waals surface area (Å²) >= 11 is 2.10. The predicted octanol–water partition coefficient (Wildman–Crippen LogP) is 0.649. The Kier molecular flexibility index (Phi) is 3.21. The molecular weight excluding hydrogens is 269 g/mol. The first-order chi connectivity index (χ1) is 5.66. The Bertz CT molecular complexity index is 295. The highest BCUT2D eigenvalue weighted by atomic mass is 127. The van der Waals surface area contributed by atoms with Gasteiger partial charge in [0.05, 0.1) is 5.69 Å². The van der Waals surface area contributed by atoms with E-state index < -0.39 is 0 Å². The standard InChI is InChI=1S/C7H10IN3O/c1-5(12)11-4-10-6(2-3-9)7(11)8/h4H,2-3,9H2,1H3. The van der Waals surface area contributed by atoms with Crippen LogP contribution in [0.1, 0.15) is 17.4 Å². The third-order valence-electron chi connectivity index (χ3n) is 1.50. The van der Waals surface area contributed by atoms with Crippen LogP contribution in [-0.2, 0) is 6.42 Å². The van der Waals surface area contributed by atoms with Gasteiger partial charge >= 0.3 is 0 Å². The van der Waals surface area contributed by atoms with Crippen LogP contribution in [0.4, 0.5) is 0 Å². The molecule has 0 saturated heterocycles. The minimum absolute atomic E-state index is 0.0184. The molecule has 66 valence electrons. The van der Waals surface area contributed by atoms with E-state index in [1.54, 1.807) is 0 Å². The number of nitrogens with two attached hydrogens (primary N) is 1. The van der Waals surface area contributed by atoms with Gasteiger partial charge in [-0.05, 0) is 29.1 Å². The van der Waals surface area contributed by atoms with E-state index in [0.717, 1.165) is 15.8 Å². The van der Waals surface area contributed by atoms with Crippen LogP contribution >= 0.6 is 22.6 Å². The first kappa shape index (κ1) is 9.66. The van der Waals surface area contributed by atoms with Gasteiger partial charge < -0.3 is 5.73 Å². The van der Waals surface area contributed by atoms with Crippen molar-refractivity contribution in [3.63, 3.8) is 0 Å². The van der Waals surface area contributed by atoms with Crippen LogP contribution in [0.2, 0.25) is 0 Å². The van der Waals surface area contributed by atoms with E-state index in [2.05, 4.69) is 27.6 Å². The summed E-state index contributed by atoms with van der Waals surface area (Å²) in [5.74, 6) is -0.0184. The number of rotatable bonds is 2.